The SMILES string of the molecule is Cc1cccn2c(=O)c(C=C3SC(=S)N(Cc4ccc5c(c4)OCO5)C3=O)c(N3CCCc4ccccc43)nc12. The zero-order valence-corrected chi connectivity index (χ0v) is 23.3. The van der Waals surface area contributed by atoms with Crippen LogP contribution in [0.1, 0.15) is 28.7 Å². The van der Waals surface area contributed by atoms with Gasteiger partial charge in [-0.3, -0.25) is 18.9 Å². The van der Waals surface area contributed by atoms with Crippen LogP contribution in [-0.4, -0.2) is 37.8 Å². The Morgan fingerprint density at radius 1 is 1.07 bits per heavy atom. The fraction of sp³-hybridized carbons (Fsp3) is 0.200. The first-order valence-corrected chi connectivity index (χ1v) is 14.2. The molecule has 0 atom stereocenters. The van der Waals surface area contributed by atoms with E-state index in [1.54, 1.807) is 21.6 Å². The van der Waals surface area contributed by atoms with Crippen LogP contribution in [-0.2, 0) is 17.8 Å². The van der Waals surface area contributed by atoms with Crippen LogP contribution in [0.5, 0.6) is 11.5 Å². The molecule has 0 spiro atoms. The average molecular weight is 569 g/mol. The number of benzene rings is 2. The zero-order valence-electron chi connectivity index (χ0n) is 21.6. The van der Waals surface area contributed by atoms with Gasteiger partial charge in [0.2, 0.25) is 6.79 Å². The number of anilines is 2. The number of carbonyl (C=O) groups excluding carboxylic acids is 1. The number of pyridine rings is 1. The molecule has 0 aliphatic carbocycles. The van der Waals surface area contributed by atoms with Gasteiger partial charge in [0.1, 0.15) is 15.8 Å². The van der Waals surface area contributed by atoms with Crippen molar-refractivity contribution in [2.24, 2.45) is 0 Å². The minimum Gasteiger partial charge on any atom is -0.454 e. The van der Waals surface area contributed by atoms with E-state index in [1.807, 2.05) is 49.4 Å². The standard InChI is InChI=1S/C30H24N4O4S2/c1-18-6-4-13-33-26(18)31-27(32-12-5-8-20-7-2-3-9-22(20)32)21(28(33)35)15-25-29(36)34(30(39)40-25)16-19-10-11-23-24(14-19)38-17-37-23/h2-4,6-7,9-11,13-15H,5,8,12,16-17H2,1H3. The van der Waals surface area contributed by atoms with Gasteiger partial charge < -0.3 is 14.4 Å². The number of hydrogen-bond donors (Lipinski definition) is 0. The third kappa shape index (κ3) is 4.15. The first kappa shape index (κ1) is 24.9. The van der Waals surface area contributed by atoms with Crippen molar-refractivity contribution in [3.05, 3.63) is 98.3 Å². The molecule has 1 saturated heterocycles. The van der Waals surface area contributed by atoms with Crippen LogP contribution in [0, 0.1) is 6.92 Å². The molecular weight excluding hydrogens is 544 g/mol. The second-order valence-corrected chi connectivity index (χ2v) is 11.6. The van der Waals surface area contributed by atoms with Gasteiger partial charge >= 0.3 is 0 Å². The number of rotatable bonds is 4. The summed E-state index contributed by atoms with van der Waals surface area (Å²) in [5, 5.41) is 0. The fourth-order valence-corrected chi connectivity index (χ4v) is 6.61. The van der Waals surface area contributed by atoms with Crippen molar-refractivity contribution >= 4 is 57.4 Å². The normalized spacial score (nSPS) is 17.3. The van der Waals surface area contributed by atoms with E-state index in [2.05, 4.69) is 17.0 Å². The van der Waals surface area contributed by atoms with Gasteiger partial charge in [0, 0.05) is 18.4 Å². The minimum atomic E-state index is -0.244. The second-order valence-electron chi connectivity index (χ2n) is 9.88. The predicted octanol–water partition coefficient (Wildman–Crippen LogP) is 5.22. The molecule has 5 heterocycles. The highest BCUT2D eigenvalue weighted by Crippen LogP contribution is 2.39. The molecule has 200 valence electrons. The van der Waals surface area contributed by atoms with Crippen molar-refractivity contribution in [2.45, 2.75) is 26.3 Å². The Bertz CT molecular complexity index is 1820. The summed E-state index contributed by atoms with van der Waals surface area (Å²) in [5.74, 6) is 1.63. The Labute approximate surface area is 239 Å². The smallest absolute Gasteiger partial charge is 0.267 e. The van der Waals surface area contributed by atoms with Gasteiger partial charge in [0.25, 0.3) is 11.5 Å². The van der Waals surface area contributed by atoms with Gasteiger partial charge in [-0.2, -0.15) is 0 Å². The van der Waals surface area contributed by atoms with Gasteiger partial charge in [-0.05, 0) is 66.8 Å². The van der Waals surface area contributed by atoms with Gasteiger partial charge in [-0.1, -0.05) is 54.3 Å². The average Bonchev–Trinajstić information content (AvgIpc) is 3.54. The third-order valence-corrected chi connectivity index (χ3v) is 8.73. The van der Waals surface area contributed by atoms with E-state index < -0.39 is 0 Å². The largest absolute Gasteiger partial charge is 0.454 e. The van der Waals surface area contributed by atoms with E-state index in [0.717, 1.165) is 36.2 Å². The highest BCUT2D eigenvalue weighted by atomic mass is 32.2. The Balaban J connectivity index is 1.32. The Kier molecular flexibility index (Phi) is 6.09. The summed E-state index contributed by atoms with van der Waals surface area (Å²) in [5.41, 5.74) is 4.74. The number of carbonyl (C=O) groups is 1. The fourth-order valence-electron chi connectivity index (χ4n) is 5.38. The van der Waals surface area contributed by atoms with Crippen molar-refractivity contribution in [3.63, 3.8) is 0 Å². The maximum atomic E-state index is 14.0. The Morgan fingerprint density at radius 3 is 2.83 bits per heavy atom. The monoisotopic (exact) mass is 568 g/mol. The van der Waals surface area contributed by atoms with Crippen molar-refractivity contribution in [1.29, 1.82) is 0 Å². The molecule has 40 heavy (non-hydrogen) atoms. The summed E-state index contributed by atoms with van der Waals surface area (Å²) in [4.78, 5) is 36.7. The number of para-hydroxylation sites is 1. The molecular formula is C30H24N4O4S2. The summed E-state index contributed by atoms with van der Waals surface area (Å²) < 4.78 is 12.9. The molecule has 3 aliphatic heterocycles. The summed E-state index contributed by atoms with van der Waals surface area (Å²) in [6, 6.07) is 17.6. The van der Waals surface area contributed by atoms with Crippen LogP contribution < -0.4 is 19.9 Å². The molecule has 0 saturated carbocycles. The minimum absolute atomic E-state index is 0.182. The van der Waals surface area contributed by atoms with Crippen LogP contribution in [0.3, 0.4) is 0 Å². The summed E-state index contributed by atoms with van der Waals surface area (Å²) >= 11 is 6.81. The maximum Gasteiger partial charge on any atom is 0.267 e. The van der Waals surface area contributed by atoms with Crippen molar-refractivity contribution < 1.29 is 14.3 Å². The number of hydrogen-bond acceptors (Lipinski definition) is 8. The summed E-state index contributed by atoms with van der Waals surface area (Å²) in [6.45, 7) is 3.13. The van der Waals surface area contributed by atoms with Crippen LogP contribution in [0.25, 0.3) is 11.7 Å². The molecule has 8 nitrogen and oxygen atoms in total. The third-order valence-electron chi connectivity index (χ3n) is 7.36. The molecule has 3 aliphatic rings. The lowest BCUT2D eigenvalue weighted by atomic mass is 10.0. The first-order chi connectivity index (χ1) is 19.5. The molecule has 7 rings (SSSR count). The molecule has 2 aromatic carbocycles. The van der Waals surface area contributed by atoms with E-state index in [4.69, 9.17) is 26.7 Å². The summed E-state index contributed by atoms with van der Waals surface area (Å²) in [7, 11) is 0. The second kappa shape index (κ2) is 9.79. The van der Waals surface area contributed by atoms with Crippen LogP contribution in [0.2, 0.25) is 0 Å². The van der Waals surface area contributed by atoms with Crippen molar-refractivity contribution in [2.75, 3.05) is 18.2 Å². The van der Waals surface area contributed by atoms with Crippen molar-refractivity contribution in [1.82, 2.24) is 14.3 Å². The molecule has 2 aromatic heterocycles. The zero-order chi connectivity index (χ0) is 27.4. The summed E-state index contributed by atoms with van der Waals surface area (Å²) in [6.07, 6.45) is 5.28. The van der Waals surface area contributed by atoms with Gasteiger partial charge in [0.05, 0.1) is 17.0 Å². The number of aromatic nitrogens is 2. The highest BCUT2D eigenvalue weighted by Gasteiger charge is 2.34. The Hall–Kier alpha value is -4.15. The van der Waals surface area contributed by atoms with Crippen LogP contribution in [0.15, 0.2) is 70.5 Å². The maximum absolute atomic E-state index is 14.0. The molecule has 1 fully saturated rings. The van der Waals surface area contributed by atoms with E-state index in [-0.39, 0.29) is 18.3 Å². The number of fused-ring (bicyclic) bond motifs is 3. The van der Waals surface area contributed by atoms with E-state index in [1.165, 1.54) is 17.3 Å². The number of thioether (sulfide) groups is 1. The highest BCUT2D eigenvalue weighted by molar-refractivity contribution is 8.26. The van der Waals surface area contributed by atoms with Crippen LogP contribution >= 0.6 is 24.0 Å². The Morgan fingerprint density at radius 2 is 1.93 bits per heavy atom. The number of aryl methyl sites for hydroxylation is 2. The lowest BCUT2D eigenvalue weighted by Gasteiger charge is -2.31. The molecule has 0 unspecified atom stereocenters. The molecule has 4 aromatic rings. The quantitative estimate of drug-likeness (QED) is 0.245. The number of nitrogens with zero attached hydrogens (tertiary/aromatic N) is 4. The lowest BCUT2D eigenvalue weighted by Crippen LogP contribution is -2.30. The van der Waals surface area contributed by atoms with E-state index >= 15 is 0 Å². The number of amides is 1. The lowest BCUT2D eigenvalue weighted by molar-refractivity contribution is -0.122. The topological polar surface area (TPSA) is 76.4 Å². The van der Waals surface area contributed by atoms with E-state index in [9.17, 15) is 9.59 Å². The predicted molar refractivity (Wildman–Crippen MR) is 159 cm³/mol. The molecule has 1 amide bonds. The first-order valence-electron chi connectivity index (χ1n) is 13.0. The van der Waals surface area contributed by atoms with Gasteiger partial charge in [-0.25, -0.2) is 4.98 Å². The molecule has 10 heteroatoms. The van der Waals surface area contributed by atoms with Crippen LogP contribution in [0.4, 0.5) is 11.5 Å². The number of ether oxygens (including phenoxy) is 2. The van der Waals surface area contributed by atoms with Gasteiger partial charge in [0.15, 0.2) is 11.5 Å². The number of thiocarbonyl (C=S) groups is 1. The molecule has 0 N–H and O–H groups in total. The van der Waals surface area contributed by atoms with Gasteiger partial charge in [-0.15, -0.1) is 0 Å². The van der Waals surface area contributed by atoms with Crippen molar-refractivity contribution in [3.8, 4) is 11.5 Å². The molecule has 0 radical (unpaired) electrons. The van der Waals surface area contributed by atoms with E-state index in [0.29, 0.717) is 44.3 Å². The molecule has 0 bridgehead atoms.